The molecule has 1 aromatic carbocycles. The fourth-order valence-electron chi connectivity index (χ4n) is 4.05. The number of aromatic nitrogens is 2. The first-order valence-corrected chi connectivity index (χ1v) is 9.91. The Kier molecular flexibility index (Phi) is 5.97. The molecule has 2 aliphatic rings. The molecule has 1 N–H and O–H groups in total. The number of nitrogens with zero attached hydrogens (tertiary/aromatic N) is 4. The van der Waals surface area contributed by atoms with Gasteiger partial charge in [-0.1, -0.05) is 24.3 Å². The number of benzene rings is 1. The zero-order valence-corrected chi connectivity index (χ0v) is 15.7. The van der Waals surface area contributed by atoms with Gasteiger partial charge in [-0.15, -0.1) is 0 Å². The highest BCUT2D eigenvalue weighted by Gasteiger charge is 2.23. The second kappa shape index (κ2) is 8.78. The molecule has 0 unspecified atom stereocenters. The number of piperazine rings is 1. The Hall–Kier alpha value is -2.02. The first-order chi connectivity index (χ1) is 13.3. The van der Waals surface area contributed by atoms with E-state index in [1.165, 1.54) is 11.1 Å². The minimum atomic E-state index is -0.460. The third kappa shape index (κ3) is 4.64. The lowest BCUT2D eigenvalue weighted by Crippen LogP contribution is -2.49. The summed E-state index contributed by atoms with van der Waals surface area (Å²) in [5.41, 5.74) is 2.69. The standard InChI is InChI=1S/C21H28N4O2/c26-18(16-27-20-8-3-6-17-5-1-2-7-19(17)20)15-24-11-13-25(14-12-24)21-22-9-4-10-23-21/h1-2,4-5,7,9-10,18,20,26H,3,6,8,11-16H2/t18-,20+/m0/s1. The van der Waals surface area contributed by atoms with E-state index in [-0.39, 0.29) is 6.10 Å². The first-order valence-electron chi connectivity index (χ1n) is 9.91. The Morgan fingerprint density at radius 3 is 2.67 bits per heavy atom. The zero-order valence-electron chi connectivity index (χ0n) is 15.7. The molecular formula is C21H28N4O2. The van der Waals surface area contributed by atoms with Crippen molar-refractivity contribution in [2.24, 2.45) is 0 Å². The van der Waals surface area contributed by atoms with Crippen molar-refractivity contribution in [2.45, 2.75) is 31.5 Å². The van der Waals surface area contributed by atoms with Crippen molar-refractivity contribution < 1.29 is 9.84 Å². The van der Waals surface area contributed by atoms with Crippen molar-refractivity contribution in [1.82, 2.24) is 14.9 Å². The van der Waals surface area contributed by atoms with Crippen LogP contribution in [0.15, 0.2) is 42.7 Å². The van der Waals surface area contributed by atoms with Gasteiger partial charge in [0.1, 0.15) is 0 Å². The Morgan fingerprint density at radius 1 is 1.07 bits per heavy atom. The van der Waals surface area contributed by atoms with Gasteiger partial charge in [0.2, 0.25) is 5.95 Å². The van der Waals surface area contributed by atoms with Crippen LogP contribution in [0.3, 0.4) is 0 Å². The molecule has 1 saturated heterocycles. The van der Waals surface area contributed by atoms with Gasteiger partial charge in [0, 0.05) is 45.1 Å². The number of anilines is 1. The highest BCUT2D eigenvalue weighted by Crippen LogP contribution is 2.32. The van der Waals surface area contributed by atoms with Gasteiger partial charge < -0.3 is 14.7 Å². The highest BCUT2D eigenvalue weighted by atomic mass is 16.5. The molecule has 0 bridgehead atoms. The van der Waals surface area contributed by atoms with Crippen molar-refractivity contribution in [3.8, 4) is 0 Å². The van der Waals surface area contributed by atoms with Crippen LogP contribution in [0.25, 0.3) is 0 Å². The van der Waals surface area contributed by atoms with Gasteiger partial charge in [-0.25, -0.2) is 9.97 Å². The summed E-state index contributed by atoms with van der Waals surface area (Å²) < 4.78 is 6.10. The summed E-state index contributed by atoms with van der Waals surface area (Å²) in [5, 5.41) is 10.5. The molecule has 1 fully saturated rings. The van der Waals surface area contributed by atoms with E-state index >= 15 is 0 Å². The third-order valence-corrected chi connectivity index (χ3v) is 5.48. The Balaban J connectivity index is 1.22. The Bertz CT molecular complexity index is 719. The lowest BCUT2D eigenvalue weighted by molar-refractivity contribution is -0.0285. The van der Waals surface area contributed by atoms with E-state index in [2.05, 4.69) is 44.0 Å². The van der Waals surface area contributed by atoms with E-state index in [0.717, 1.165) is 51.4 Å². The Morgan fingerprint density at radius 2 is 1.85 bits per heavy atom. The zero-order chi connectivity index (χ0) is 18.5. The van der Waals surface area contributed by atoms with E-state index < -0.39 is 6.10 Å². The van der Waals surface area contributed by atoms with Crippen LogP contribution in [0.2, 0.25) is 0 Å². The van der Waals surface area contributed by atoms with Crippen LogP contribution >= 0.6 is 0 Å². The molecule has 6 nitrogen and oxygen atoms in total. The molecule has 144 valence electrons. The predicted molar refractivity (Wildman–Crippen MR) is 105 cm³/mol. The number of fused-ring (bicyclic) bond motifs is 1. The summed E-state index contributed by atoms with van der Waals surface area (Å²) in [7, 11) is 0. The quantitative estimate of drug-likeness (QED) is 0.842. The molecular weight excluding hydrogens is 340 g/mol. The van der Waals surface area contributed by atoms with Crippen molar-refractivity contribution in [2.75, 3.05) is 44.2 Å². The smallest absolute Gasteiger partial charge is 0.225 e. The lowest BCUT2D eigenvalue weighted by atomic mass is 9.89. The normalized spacial score (nSPS) is 21.7. The molecule has 1 aliphatic heterocycles. The summed E-state index contributed by atoms with van der Waals surface area (Å²) in [4.78, 5) is 13.1. The molecule has 1 aliphatic carbocycles. The number of β-amino-alcohol motifs (C(OH)–C–C–N with tert-alkyl or cyclic N) is 1. The van der Waals surface area contributed by atoms with E-state index in [1.54, 1.807) is 12.4 Å². The monoisotopic (exact) mass is 368 g/mol. The maximum absolute atomic E-state index is 10.5. The average molecular weight is 368 g/mol. The molecule has 2 heterocycles. The fraction of sp³-hybridized carbons (Fsp3) is 0.524. The number of hydrogen-bond acceptors (Lipinski definition) is 6. The van der Waals surface area contributed by atoms with Gasteiger partial charge in [0.05, 0.1) is 18.8 Å². The molecule has 0 spiro atoms. The van der Waals surface area contributed by atoms with Gasteiger partial charge in [-0.2, -0.15) is 0 Å². The second-order valence-corrected chi connectivity index (χ2v) is 7.40. The van der Waals surface area contributed by atoms with Gasteiger partial charge in [-0.05, 0) is 36.5 Å². The number of ether oxygens (including phenoxy) is 1. The van der Waals surface area contributed by atoms with Crippen LogP contribution in [0, 0.1) is 0 Å². The number of rotatable bonds is 6. The molecule has 0 radical (unpaired) electrons. The maximum Gasteiger partial charge on any atom is 0.225 e. The van der Waals surface area contributed by atoms with E-state index in [4.69, 9.17) is 4.74 Å². The number of aliphatic hydroxyl groups excluding tert-OH is 1. The molecule has 0 amide bonds. The van der Waals surface area contributed by atoms with Crippen LogP contribution in [-0.4, -0.2) is 65.4 Å². The number of aliphatic hydroxyl groups is 1. The SMILES string of the molecule is O[C@H](CO[C@@H]1CCCc2ccccc21)CN1CCN(c2ncccn2)CC1. The summed E-state index contributed by atoms with van der Waals surface area (Å²) in [6.07, 6.45) is 6.54. The number of hydrogen-bond donors (Lipinski definition) is 1. The molecule has 0 saturated carbocycles. The topological polar surface area (TPSA) is 61.7 Å². The van der Waals surface area contributed by atoms with Crippen molar-refractivity contribution in [3.63, 3.8) is 0 Å². The van der Waals surface area contributed by atoms with Gasteiger partial charge in [0.25, 0.3) is 0 Å². The minimum Gasteiger partial charge on any atom is -0.389 e. The van der Waals surface area contributed by atoms with Crippen LogP contribution in [0.5, 0.6) is 0 Å². The van der Waals surface area contributed by atoms with Gasteiger partial charge in [0.15, 0.2) is 0 Å². The first kappa shape index (κ1) is 18.3. The van der Waals surface area contributed by atoms with Crippen LogP contribution in [0.1, 0.15) is 30.1 Å². The molecule has 27 heavy (non-hydrogen) atoms. The molecule has 1 aromatic heterocycles. The number of aryl methyl sites for hydroxylation is 1. The summed E-state index contributed by atoms with van der Waals surface area (Å²) in [6, 6.07) is 10.4. The van der Waals surface area contributed by atoms with E-state index in [0.29, 0.717) is 13.2 Å². The molecule has 2 atom stereocenters. The second-order valence-electron chi connectivity index (χ2n) is 7.40. The molecule has 4 rings (SSSR count). The summed E-state index contributed by atoms with van der Waals surface area (Å²) in [5.74, 6) is 0.789. The minimum absolute atomic E-state index is 0.122. The van der Waals surface area contributed by atoms with Gasteiger partial charge in [-0.3, -0.25) is 4.90 Å². The maximum atomic E-state index is 10.5. The van der Waals surface area contributed by atoms with Crippen molar-refractivity contribution in [3.05, 3.63) is 53.9 Å². The summed E-state index contributed by atoms with van der Waals surface area (Å²) in [6.45, 7) is 4.61. The molecule has 6 heteroatoms. The van der Waals surface area contributed by atoms with Crippen molar-refractivity contribution >= 4 is 5.95 Å². The van der Waals surface area contributed by atoms with E-state index in [1.807, 2.05) is 6.07 Å². The van der Waals surface area contributed by atoms with Crippen LogP contribution < -0.4 is 4.90 Å². The average Bonchev–Trinajstić information content (AvgIpc) is 2.73. The summed E-state index contributed by atoms with van der Waals surface area (Å²) >= 11 is 0. The van der Waals surface area contributed by atoms with Crippen LogP contribution in [0.4, 0.5) is 5.95 Å². The van der Waals surface area contributed by atoms with Crippen LogP contribution in [-0.2, 0) is 11.2 Å². The van der Waals surface area contributed by atoms with Crippen molar-refractivity contribution in [1.29, 1.82) is 0 Å². The predicted octanol–water partition coefficient (Wildman–Crippen LogP) is 2.05. The molecule has 2 aromatic rings. The third-order valence-electron chi connectivity index (χ3n) is 5.48. The Labute approximate surface area is 160 Å². The largest absolute Gasteiger partial charge is 0.389 e. The van der Waals surface area contributed by atoms with Gasteiger partial charge >= 0.3 is 0 Å². The highest BCUT2D eigenvalue weighted by molar-refractivity contribution is 5.31. The lowest BCUT2D eigenvalue weighted by Gasteiger charge is -2.35. The fourth-order valence-corrected chi connectivity index (χ4v) is 4.05. The van der Waals surface area contributed by atoms with E-state index in [9.17, 15) is 5.11 Å².